The van der Waals surface area contributed by atoms with Gasteiger partial charge in [-0.05, 0) is 31.0 Å². The standard InChI is InChI=1S/C13H15ClN2O2S/c14-12-9-10(3-2-8-15)6-7-13(12)19(17,18)16-11-4-1-5-11/h6-7,9,11,16H,1,4-5,8,15H2. The maximum absolute atomic E-state index is 12.1. The molecule has 1 fully saturated rings. The van der Waals surface area contributed by atoms with Crippen LogP contribution in [-0.4, -0.2) is 21.0 Å². The first-order chi connectivity index (χ1) is 9.03. The van der Waals surface area contributed by atoms with Crippen LogP contribution in [0, 0.1) is 11.8 Å². The van der Waals surface area contributed by atoms with Crippen LogP contribution in [-0.2, 0) is 10.0 Å². The normalized spacial score (nSPS) is 15.5. The Labute approximate surface area is 118 Å². The molecular formula is C13H15ClN2O2S. The fourth-order valence-corrected chi connectivity index (χ4v) is 3.61. The second-order valence-corrected chi connectivity index (χ2v) is 6.49. The number of rotatable bonds is 3. The molecule has 0 radical (unpaired) electrons. The van der Waals surface area contributed by atoms with Gasteiger partial charge in [0.2, 0.25) is 10.0 Å². The molecule has 2 rings (SSSR count). The molecule has 3 N–H and O–H groups in total. The summed E-state index contributed by atoms with van der Waals surface area (Å²) in [4.78, 5) is 0.0966. The zero-order valence-electron chi connectivity index (χ0n) is 10.3. The summed E-state index contributed by atoms with van der Waals surface area (Å²) in [6.07, 6.45) is 2.84. The number of benzene rings is 1. The van der Waals surface area contributed by atoms with Gasteiger partial charge in [0.15, 0.2) is 0 Å². The van der Waals surface area contributed by atoms with E-state index in [4.69, 9.17) is 17.3 Å². The first-order valence-electron chi connectivity index (χ1n) is 6.04. The summed E-state index contributed by atoms with van der Waals surface area (Å²) in [5.41, 5.74) is 5.93. The van der Waals surface area contributed by atoms with E-state index in [9.17, 15) is 8.42 Å². The lowest BCUT2D eigenvalue weighted by Gasteiger charge is -2.26. The minimum absolute atomic E-state index is 0.0396. The number of nitrogens with one attached hydrogen (secondary N) is 1. The van der Waals surface area contributed by atoms with Crippen molar-refractivity contribution in [3.8, 4) is 11.8 Å². The molecule has 0 heterocycles. The third-order valence-corrected chi connectivity index (χ3v) is 4.99. The van der Waals surface area contributed by atoms with Crippen LogP contribution >= 0.6 is 11.6 Å². The quantitative estimate of drug-likeness (QED) is 0.830. The Bertz CT molecular complexity index is 628. The topological polar surface area (TPSA) is 72.2 Å². The van der Waals surface area contributed by atoms with Gasteiger partial charge in [-0.1, -0.05) is 29.9 Å². The second kappa shape index (κ2) is 5.93. The first-order valence-corrected chi connectivity index (χ1v) is 7.90. The number of hydrogen-bond acceptors (Lipinski definition) is 3. The third kappa shape index (κ3) is 3.48. The zero-order valence-corrected chi connectivity index (χ0v) is 11.9. The van der Waals surface area contributed by atoms with Gasteiger partial charge in [-0.25, -0.2) is 13.1 Å². The fraction of sp³-hybridized carbons (Fsp3) is 0.385. The highest BCUT2D eigenvalue weighted by atomic mass is 35.5. The highest BCUT2D eigenvalue weighted by molar-refractivity contribution is 7.89. The van der Waals surface area contributed by atoms with Crippen molar-refractivity contribution in [1.29, 1.82) is 0 Å². The molecule has 102 valence electrons. The van der Waals surface area contributed by atoms with E-state index in [1.807, 2.05) is 0 Å². The van der Waals surface area contributed by atoms with Gasteiger partial charge in [0.25, 0.3) is 0 Å². The SMILES string of the molecule is NCC#Cc1ccc(S(=O)(=O)NC2CCC2)c(Cl)c1. The van der Waals surface area contributed by atoms with Gasteiger partial charge in [-0.2, -0.15) is 0 Å². The zero-order chi connectivity index (χ0) is 13.9. The summed E-state index contributed by atoms with van der Waals surface area (Å²) in [6.45, 7) is 0.251. The van der Waals surface area contributed by atoms with Crippen molar-refractivity contribution < 1.29 is 8.42 Å². The lowest BCUT2D eigenvalue weighted by atomic mass is 9.94. The maximum atomic E-state index is 12.1. The van der Waals surface area contributed by atoms with E-state index in [0.29, 0.717) is 5.56 Å². The smallest absolute Gasteiger partial charge is 0.242 e. The van der Waals surface area contributed by atoms with Crippen molar-refractivity contribution in [2.24, 2.45) is 5.73 Å². The third-order valence-electron chi connectivity index (χ3n) is 2.98. The van der Waals surface area contributed by atoms with Crippen LogP contribution < -0.4 is 10.5 Å². The minimum Gasteiger partial charge on any atom is -0.320 e. The van der Waals surface area contributed by atoms with Crippen molar-refractivity contribution in [2.75, 3.05) is 6.54 Å². The molecule has 0 bridgehead atoms. The van der Waals surface area contributed by atoms with Crippen LogP contribution in [0.4, 0.5) is 0 Å². The summed E-state index contributed by atoms with van der Waals surface area (Å²) >= 11 is 6.02. The van der Waals surface area contributed by atoms with Crippen LogP contribution in [0.1, 0.15) is 24.8 Å². The Hall–Kier alpha value is -1.06. The van der Waals surface area contributed by atoms with E-state index in [1.54, 1.807) is 12.1 Å². The number of nitrogens with two attached hydrogens (primary N) is 1. The first kappa shape index (κ1) is 14.4. The highest BCUT2D eigenvalue weighted by Crippen LogP contribution is 2.25. The molecule has 6 heteroatoms. The molecule has 19 heavy (non-hydrogen) atoms. The number of hydrogen-bond donors (Lipinski definition) is 2. The van der Waals surface area contributed by atoms with Crippen LogP contribution in [0.2, 0.25) is 5.02 Å². The Morgan fingerprint density at radius 3 is 2.68 bits per heavy atom. The van der Waals surface area contributed by atoms with Crippen LogP contribution in [0.5, 0.6) is 0 Å². The van der Waals surface area contributed by atoms with Crippen molar-refractivity contribution in [3.63, 3.8) is 0 Å². The van der Waals surface area contributed by atoms with Crippen molar-refractivity contribution in [2.45, 2.75) is 30.2 Å². The van der Waals surface area contributed by atoms with Gasteiger partial charge in [0.05, 0.1) is 11.6 Å². The monoisotopic (exact) mass is 298 g/mol. The van der Waals surface area contributed by atoms with Gasteiger partial charge in [0.1, 0.15) is 4.90 Å². The van der Waals surface area contributed by atoms with E-state index in [2.05, 4.69) is 16.6 Å². The van der Waals surface area contributed by atoms with Crippen molar-refractivity contribution in [1.82, 2.24) is 4.72 Å². The Morgan fingerprint density at radius 1 is 1.42 bits per heavy atom. The summed E-state index contributed by atoms with van der Waals surface area (Å²) in [5.74, 6) is 5.51. The Morgan fingerprint density at radius 2 is 2.16 bits per heavy atom. The average Bonchev–Trinajstić information content (AvgIpc) is 2.31. The molecule has 1 saturated carbocycles. The Balaban J connectivity index is 2.24. The molecule has 0 spiro atoms. The predicted octanol–water partition coefficient (Wildman–Crippen LogP) is 1.48. The van der Waals surface area contributed by atoms with Gasteiger partial charge in [-0.15, -0.1) is 0 Å². The summed E-state index contributed by atoms with van der Waals surface area (Å²) < 4.78 is 26.9. The summed E-state index contributed by atoms with van der Waals surface area (Å²) in [7, 11) is -3.54. The molecule has 1 aliphatic carbocycles. The number of halogens is 1. The number of sulfonamides is 1. The molecule has 0 aliphatic heterocycles. The summed E-state index contributed by atoms with van der Waals surface area (Å²) in [6, 6.07) is 4.69. The molecule has 0 saturated heterocycles. The van der Waals surface area contributed by atoms with E-state index in [-0.39, 0.29) is 22.5 Å². The highest BCUT2D eigenvalue weighted by Gasteiger charge is 2.26. The Kier molecular flexibility index (Phi) is 4.48. The molecule has 0 atom stereocenters. The largest absolute Gasteiger partial charge is 0.320 e. The minimum atomic E-state index is -3.54. The van der Waals surface area contributed by atoms with Gasteiger partial charge in [0, 0.05) is 11.6 Å². The van der Waals surface area contributed by atoms with E-state index >= 15 is 0 Å². The molecular weight excluding hydrogens is 284 g/mol. The summed E-state index contributed by atoms with van der Waals surface area (Å²) in [5, 5.41) is 0.177. The molecule has 1 aliphatic rings. The molecule has 0 unspecified atom stereocenters. The lowest BCUT2D eigenvalue weighted by Crippen LogP contribution is -2.39. The van der Waals surface area contributed by atoms with Crippen LogP contribution in [0.15, 0.2) is 23.1 Å². The van der Waals surface area contributed by atoms with Gasteiger partial charge < -0.3 is 5.73 Å². The van der Waals surface area contributed by atoms with Crippen LogP contribution in [0.3, 0.4) is 0 Å². The second-order valence-electron chi connectivity index (χ2n) is 4.40. The molecule has 1 aromatic carbocycles. The predicted molar refractivity (Wildman–Crippen MR) is 75.3 cm³/mol. The van der Waals surface area contributed by atoms with Crippen LogP contribution in [0.25, 0.3) is 0 Å². The average molecular weight is 299 g/mol. The van der Waals surface area contributed by atoms with Crippen molar-refractivity contribution in [3.05, 3.63) is 28.8 Å². The van der Waals surface area contributed by atoms with E-state index in [1.165, 1.54) is 6.07 Å². The molecule has 4 nitrogen and oxygen atoms in total. The molecule has 1 aromatic rings. The lowest BCUT2D eigenvalue weighted by molar-refractivity contribution is 0.383. The van der Waals surface area contributed by atoms with E-state index in [0.717, 1.165) is 19.3 Å². The van der Waals surface area contributed by atoms with Gasteiger partial charge >= 0.3 is 0 Å². The fourth-order valence-electron chi connectivity index (χ4n) is 1.76. The molecule has 0 aromatic heterocycles. The maximum Gasteiger partial charge on any atom is 0.242 e. The van der Waals surface area contributed by atoms with Gasteiger partial charge in [-0.3, -0.25) is 0 Å². The molecule has 0 amide bonds. The van der Waals surface area contributed by atoms with E-state index < -0.39 is 10.0 Å². The van der Waals surface area contributed by atoms with Crippen molar-refractivity contribution >= 4 is 21.6 Å².